The lowest BCUT2D eigenvalue weighted by Crippen LogP contribution is -2.43. The van der Waals surface area contributed by atoms with Crippen LogP contribution >= 0.6 is 11.8 Å². The number of hydrogen-bond donors (Lipinski definition) is 0. The molecule has 2 aromatic carbocycles. The molecular formula is C34H41F3N4O6S. The third kappa shape index (κ3) is 9.99. The lowest BCUT2D eigenvalue weighted by Gasteiger charge is -2.34. The lowest BCUT2D eigenvalue weighted by atomic mass is 10.0. The molecule has 1 saturated heterocycles. The summed E-state index contributed by atoms with van der Waals surface area (Å²) in [4.78, 5) is 29.0. The number of amides is 2. The molecule has 0 spiro atoms. The number of carbonyl (C=O) groups excluding carboxylic acids is 2. The number of rotatable bonds is 10. The van der Waals surface area contributed by atoms with Crippen molar-refractivity contribution in [3.63, 3.8) is 0 Å². The molecule has 2 amide bonds. The van der Waals surface area contributed by atoms with Crippen molar-refractivity contribution in [1.29, 1.82) is 0 Å². The van der Waals surface area contributed by atoms with Crippen LogP contribution in [0.2, 0.25) is 0 Å². The highest BCUT2D eigenvalue weighted by atomic mass is 32.2. The first-order valence-corrected chi connectivity index (χ1v) is 16.3. The molecule has 1 aromatic heterocycles. The molecule has 48 heavy (non-hydrogen) atoms. The topological polar surface area (TPSA) is 103 Å². The number of likely N-dealkylation sites (tertiary alicyclic amines) is 1. The fourth-order valence-corrected chi connectivity index (χ4v) is 6.33. The molecule has 14 heteroatoms. The van der Waals surface area contributed by atoms with Gasteiger partial charge in [-0.3, -0.25) is 0 Å². The third-order valence-corrected chi connectivity index (χ3v) is 8.69. The number of thioether (sulfide) groups is 1. The summed E-state index contributed by atoms with van der Waals surface area (Å²) in [5.74, 6) is -0.0775. The van der Waals surface area contributed by atoms with Crippen LogP contribution in [0.3, 0.4) is 0 Å². The number of benzene rings is 2. The van der Waals surface area contributed by atoms with E-state index in [2.05, 4.69) is 10.2 Å². The number of ether oxygens (including phenoxy) is 4. The maximum Gasteiger partial charge on any atom is 0.416 e. The Morgan fingerprint density at radius 1 is 1.08 bits per heavy atom. The zero-order chi connectivity index (χ0) is 35.1. The van der Waals surface area contributed by atoms with E-state index in [4.69, 9.17) is 18.9 Å². The molecule has 1 fully saturated rings. The molecule has 0 saturated carbocycles. The summed E-state index contributed by atoms with van der Waals surface area (Å²) < 4.78 is 62.4. The largest absolute Gasteiger partial charge is 0.467 e. The highest BCUT2D eigenvalue weighted by molar-refractivity contribution is 7.99. The summed E-state index contributed by atoms with van der Waals surface area (Å²) in [5.41, 5.74) is 1.12. The minimum atomic E-state index is -4.59. The van der Waals surface area contributed by atoms with E-state index < -0.39 is 29.5 Å². The van der Waals surface area contributed by atoms with Gasteiger partial charge in [-0.25, -0.2) is 9.59 Å². The van der Waals surface area contributed by atoms with E-state index in [0.29, 0.717) is 34.9 Å². The van der Waals surface area contributed by atoms with E-state index in [0.717, 1.165) is 30.5 Å². The average molecular weight is 691 g/mol. The summed E-state index contributed by atoms with van der Waals surface area (Å²) in [6.45, 7) is 8.08. The summed E-state index contributed by atoms with van der Waals surface area (Å²) in [5, 5.41) is 9.46. The van der Waals surface area contributed by atoms with Gasteiger partial charge < -0.3 is 28.7 Å². The fourth-order valence-electron chi connectivity index (χ4n) is 5.02. The Kier molecular flexibility index (Phi) is 12.2. The number of nitrogens with zero attached hydrogens (tertiary/aromatic N) is 4. The van der Waals surface area contributed by atoms with Gasteiger partial charge in [-0.1, -0.05) is 42.1 Å². The van der Waals surface area contributed by atoms with E-state index in [1.54, 1.807) is 18.9 Å². The van der Waals surface area contributed by atoms with Crippen LogP contribution in [-0.2, 0) is 33.5 Å². The molecule has 0 bridgehead atoms. The highest BCUT2D eigenvalue weighted by Gasteiger charge is 2.33. The monoisotopic (exact) mass is 690 g/mol. The number of alkyl halides is 3. The standard InChI is InChI=1S/C34H41F3N4O6S/c1-22-27(19-40(5)31(42)45-20-23-11-8-7-9-12-23)30(48-25-13-10-16-41(18-25)32(43)47-33(2,3)4)39-38-29(22)26-15-14-24(34(35,36)37)17-28(26)46-21-44-6/h7-9,11-12,14-15,17,25H,10,13,16,18-21H2,1-6H3/t25-/m1/s1. The summed E-state index contributed by atoms with van der Waals surface area (Å²) in [6.07, 6.45) is -3.99. The molecule has 2 heterocycles. The van der Waals surface area contributed by atoms with Gasteiger partial charge in [0.25, 0.3) is 0 Å². The number of methoxy groups -OCH3 is 1. The number of hydrogen-bond acceptors (Lipinski definition) is 9. The van der Waals surface area contributed by atoms with Crippen molar-refractivity contribution in [2.24, 2.45) is 0 Å². The third-order valence-electron chi connectivity index (χ3n) is 7.42. The minimum Gasteiger partial charge on any atom is -0.467 e. The molecule has 1 aliphatic heterocycles. The lowest BCUT2D eigenvalue weighted by molar-refractivity contribution is -0.137. The van der Waals surface area contributed by atoms with Gasteiger partial charge in [-0.2, -0.15) is 13.2 Å². The van der Waals surface area contributed by atoms with Crippen molar-refractivity contribution in [3.05, 3.63) is 70.8 Å². The molecule has 0 unspecified atom stereocenters. The Morgan fingerprint density at radius 2 is 1.81 bits per heavy atom. The molecule has 3 aromatic rings. The van der Waals surface area contributed by atoms with Crippen LogP contribution in [0.25, 0.3) is 11.3 Å². The van der Waals surface area contributed by atoms with Crippen molar-refractivity contribution < 1.29 is 41.7 Å². The Morgan fingerprint density at radius 3 is 2.48 bits per heavy atom. The maximum absolute atomic E-state index is 13.6. The van der Waals surface area contributed by atoms with Gasteiger partial charge in [0, 0.05) is 43.6 Å². The van der Waals surface area contributed by atoms with Gasteiger partial charge in [-0.15, -0.1) is 10.2 Å². The predicted molar refractivity (Wildman–Crippen MR) is 174 cm³/mol. The first kappa shape index (κ1) is 36.8. The molecule has 1 aliphatic rings. The molecule has 0 N–H and O–H groups in total. The van der Waals surface area contributed by atoms with E-state index in [9.17, 15) is 22.8 Å². The van der Waals surface area contributed by atoms with Gasteiger partial charge in [0.15, 0.2) is 6.79 Å². The van der Waals surface area contributed by atoms with Crippen molar-refractivity contribution in [2.75, 3.05) is 34.0 Å². The van der Waals surface area contributed by atoms with Gasteiger partial charge >= 0.3 is 18.4 Å². The van der Waals surface area contributed by atoms with Crippen molar-refractivity contribution >= 4 is 23.9 Å². The van der Waals surface area contributed by atoms with Gasteiger partial charge in [0.1, 0.15) is 23.0 Å². The van der Waals surface area contributed by atoms with Crippen LogP contribution in [0.15, 0.2) is 53.6 Å². The van der Waals surface area contributed by atoms with E-state index in [1.807, 2.05) is 51.1 Å². The van der Waals surface area contributed by atoms with Crippen LogP contribution in [0.1, 0.15) is 55.9 Å². The van der Waals surface area contributed by atoms with E-state index >= 15 is 0 Å². The second-order valence-electron chi connectivity index (χ2n) is 12.4. The van der Waals surface area contributed by atoms with Crippen LogP contribution in [0, 0.1) is 6.92 Å². The van der Waals surface area contributed by atoms with E-state index in [1.165, 1.54) is 29.8 Å². The molecular weight excluding hydrogens is 649 g/mol. The SMILES string of the molecule is COCOc1cc(C(F)(F)F)ccc1-c1nnc(S[C@@H]2CCCN(C(=O)OC(C)(C)C)C2)c(CN(C)C(=O)OCc2ccccc2)c1C. The molecule has 0 aliphatic carbocycles. The molecule has 260 valence electrons. The fraction of sp³-hybridized carbons (Fsp3) is 0.471. The van der Waals surface area contributed by atoms with Gasteiger partial charge in [0.05, 0.1) is 17.8 Å². The Labute approximate surface area is 282 Å². The summed E-state index contributed by atoms with van der Waals surface area (Å²) in [7, 11) is 2.96. The first-order valence-electron chi connectivity index (χ1n) is 15.4. The Hall–Kier alpha value is -4.04. The van der Waals surface area contributed by atoms with Crippen molar-refractivity contribution in [3.8, 4) is 17.0 Å². The van der Waals surface area contributed by atoms with Crippen molar-refractivity contribution in [1.82, 2.24) is 20.0 Å². The number of halogens is 3. The second-order valence-corrected chi connectivity index (χ2v) is 13.7. The first-order chi connectivity index (χ1) is 22.7. The zero-order valence-electron chi connectivity index (χ0n) is 27.9. The van der Waals surface area contributed by atoms with Crippen LogP contribution in [0.4, 0.5) is 22.8 Å². The Bertz CT molecular complexity index is 1570. The normalized spacial score (nSPS) is 15.2. The molecule has 10 nitrogen and oxygen atoms in total. The maximum atomic E-state index is 13.6. The van der Waals surface area contributed by atoms with Gasteiger partial charge in [0.2, 0.25) is 0 Å². The highest BCUT2D eigenvalue weighted by Crippen LogP contribution is 2.40. The predicted octanol–water partition coefficient (Wildman–Crippen LogP) is 7.71. The number of piperidine rings is 1. The molecule has 0 radical (unpaired) electrons. The molecule has 4 rings (SSSR count). The van der Waals surface area contributed by atoms with Crippen molar-refractivity contribution in [2.45, 2.75) is 75.7 Å². The molecule has 1 atom stereocenters. The van der Waals surface area contributed by atoms with Crippen LogP contribution in [0.5, 0.6) is 5.75 Å². The zero-order valence-corrected chi connectivity index (χ0v) is 28.7. The summed E-state index contributed by atoms with van der Waals surface area (Å²) >= 11 is 1.43. The van der Waals surface area contributed by atoms with Gasteiger partial charge in [-0.05, 0) is 69.9 Å². The average Bonchev–Trinajstić information content (AvgIpc) is 3.03. The minimum absolute atomic E-state index is 0.0495. The number of carbonyl (C=O) groups is 2. The smallest absolute Gasteiger partial charge is 0.416 e. The number of aromatic nitrogens is 2. The second kappa shape index (κ2) is 15.9. The Balaban J connectivity index is 1.67. The van der Waals surface area contributed by atoms with E-state index in [-0.39, 0.29) is 36.5 Å². The van der Waals surface area contributed by atoms with Crippen LogP contribution < -0.4 is 4.74 Å². The summed E-state index contributed by atoms with van der Waals surface area (Å²) in [6, 6.07) is 12.4. The van der Waals surface area contributed by atoms with Crippen LogP contribution in [-0.4, -0.2) is 77.1 Å². The quantitative estimate of drug-likeness (QED) is 0.198.